The van der Waals surface area contributed by atoms with Gasteiger partial charge in [-0.3, -0.25) is 4.79 Å². The number of ketones is 1. The van der Waals surface area contributed by atoms with E-state index < -0.39 is 0 Å². The van der Waals surface area contributed by atoms with Crippen LogP contribution in [0.4, 0.5) is 0 Å². The molecule has 1 aliphatic rings. The second kappa shape index (κ2) is 4.03. The molecule has 0 saturated heterocycles. The molecule has 0 spiro atoms. The van der Waals surface area contributed by atoms with Gasteiger partial charge >= 0.3 is 0 Å². The highest BCUT2D eigenvalue weighted by Crippen LogP contribution is 2.43. The van der Waals surface area contributed by atoms with Gasteiger partial charge in [0, 0.05) is 16.2 Å². The summed E-state index contributed by atoms with van der Waals surface area (Å²) in [4.78, 5) is 13.4. The van der Waals surface area contributed by atoms with Gasteiger partial charge in [0.2, 0.25) is 0 Å². The Hall–Kier alpha value is -0.340. The standard InChI is InChI=1S/C11H13ClOS/c1-7(13)5-9-6-10(12)11(14-9)8-3-2-4-8/h6,8H,2-5H2,1H3. The normalized spacial score (nSPS) is 16.7. The van der Waals surface area contributed by atoms with E-state index in [0.29, 0.717) is 12.3 Å². The molecule has 0 amide bonds. The molecule has 1 heterocycles. The number of rotatable bonds is 3. The summed E-state index contributed by atoms with van der Waals surface area (Å²) in [7, 11) is 0. The Morgan fingerprint density at radius 1 is 1.64 bits per heavy atom. The molecule has 1 fully saturated rings. The minimum atomic E-state index is 0.211. The Balaban J connectivity index is 2.16. The molecule has 0 bridgehead atoms. The molecular weight excluding hydrogens is 216 g/mol. The minimum Gasteiger partial charge on any atom is -0.300 e. The van der Waals surface area contributed by atoms with Gasteiger partial charge in [0.05, 0.1) is 5.02 Å². The average Bonchev–Trinajstić information content (AvgIpc) is 2.27. The highest BCUT2D eigenvalue weighted by Gasteiger charge is 2.24. The van der Waals surface area contributed by atoms with E-state index in [9.17, 15) is 4.79 Å². The molecule has 0 atom stereocenters. The Labute approximate surface area is 93.1 Å². The van der Waals surface area contributed by atoms with Gasteiger partial charge in [0.15, 0.2) is 0 Å². The zero-order chi connectivity index (χ0) is 10.1. The zero-order valence-electron chi connectivity index (χ0n) is 8.18. The van der Waals surface area contributed by atoms with Crippen molar-refractivity contribution in [1.29, 1.82) is 0 Å². The average molecular weight is 229 g/mol. The molecule has 1 aromatic heterocycles. The number of carbonyl (C=O) groups excluding carboxylic acids is 1. The van der Waals surface area contributed by atoms with Crippen LogP contribution in [0.2, 0.25) is 5.02 Å². The van der Waals surface area contributed by atoms with Crippen LogP contribution in [0.3, 0.4) is 0 Å². The quantitative estimate of drug-likeness (QED) is 0.769. The third-order valence-electron chi connectivity index (χ3n) is 2.66. The topological polar surface area (TPSA) is 17.1 Å². The van der Waals surface area contributed by atoms with E-state index in [1.807, 2.05) is 6.07 Å². The number of carbonyl (C=O) groups is 1. The van der Waals surface area contributed by atoms with Crippen molar-refractivity contribution in [2.24, 2.45) is 0 Å². The van der Waals surface area contributed by atoms with E-state index in [2.05, 4.69) is 0 Å². The predicted octanol–water partition coefficient (Wildman–Crippen LogP) is 3.80. The van der Waals surface area contributed by atoms with Crippen molar-refractivity contribution in [1.82, 2.24) is 0 Å². The lowest BCUT2D eigenvalue weighted by Gasteiger charge is -2.24. The van der Waals surface area contributed by atoms with Crippen LogP contribution in [-0.2, 0) is 11.2 Å². The zero-order valence-corrected chi connectivity index (χ0v) is 9.75. The number of halogens is 1. The summed E-state index contributed by atoms with van der Waals surface area (Å²) in [6.07, 6.45) is 4.39. The maximum atomic E-state index is 11.0. The van der Waals surface area contributed by atoms with E-state index in [0.717, 1.165) is 9.90 Å². The van der Waals surface area contributed by atoms with Crippen molar-refractivity contribution in [2.75, 3.05) is 0 Å². The maximum Gasteiger partial charge on any atom is 0.135 e. The SMILES string of the molecule is CC(=O)Cc1cc(Cl)c(C2CCC2)s1. The van der Waals surface area contributed by atoms with Gasteiger partial charge in [-0.15, -0.1) is 11.3 Å². The lowest BCUT2D eigenvalue weighted by molar-refractivity contribution is -0.116. The predicted molar refractivity (Wildman–Crippen MR) is 60.3 cm³/mol. The van der Waals surface area contributed by atoms with E-state index in [1.165, 1.54) is 24.1 Å². The monoisotopic (exact) mass is 228 g/mol. The first-order valence-corrected chi connectivity index (χ1v) is 6.14. The third kappa shape index (κ3) is 2.01. The summed E-state index contributed by atoms with van der Waals surface area (Å²) >= 11 is 7.85. The fourth-order valence-electron chi connectivity index (χ4n) is 1.71. The van der Waals surface area contributed by atoms with E-state index in [-0.39, 0.29) is 5.78 Å². The molecule has 1 aromatic rings. The molecular formula is C11H13ClOS. The molecule has 2 rings (SSSR count). The van der Waals surface area contributed by atoms with Crippen molar-refractivity contribution < 1.29 is 4.79 Å². The van der Waals surface area contributed by atoms with Crippen LogP contribution in [0.5, 0.6) is 0 Å². The molecule has 1 aliphatic carbocycles. The first-order valence-electron chi connectivity index (χ1n) is 4.94. The first kappa shape index (κ1) is 10.2. The van der Waals surface area contributed by atoms with Gasteiger partial charge < -0.3 is 0 Å². The Morgan fingerprint density at radius 2 is 2.36 bits per heavy atom. The number of thiophene rings is 1. The fraction of sp³-hybridized carbons (Fsp3) is 0.545. The maximum absolute atomic E-state index is 11.0. The van der Waals surface area contributed by atoms with Crippen molar-refractivity contribution in [2.45, 2.75) is 38.5 Å². The molecule has 0 aliphatic heterocycles. The highest BCUT2D eigenvalue weighted by molar-refractivity contribution is 7.12. The first-order chi connectivity index (χ1) is 6.66. The van der Waals surface area contributed by atoms with Crippen LogP contribution >= 0.6 is 22.9 Å². The van der Waals surface area contributed by atoms with E-state index >= 15 is 0 Å². The Kier molecular flexibility index (Phi) is 2.93. The number of hydrogen-bond donors (Lipinski definition) is 0. The lowest BCUT2D eigenvalue weighted by atomic mass is 9.84. The van der Waals surface area contributed by atoms with E-state index in [1.54, 1.807) is 18.3 Å². The number of Topliss-reactive ketones (excluding diaryl/α,β-unsaturated/α-hetero) is 1. The Morgan fingerprint density at radius 3 is 2.86 bits per heavy atom. The lowest BCUT2D eigenvalue weighted by Crippen LogP contribution is -2.06. The van der Waals surface area contributed by atoms with Gasteiger partial charge in [-0.1, -0.05) is 18.0 Å². The summed E-state index contributed by atoms with van der Waals surface area (Å²) in [6, 6.07) is 1.96. The fourth-order valence-corrected chi connectivity index (χ4v) is 3.47. The Bertz CT molecular complexity index is 352. The molecule has 1 saturated carbocycles. The summed E-state index contributed by atoms with van der Waals surface area (Å²) < 4.78 is 0. The summed E-state index contributed by atoms with van der Waals surface area (Å²) in [6.45, 7) is 1.62. The second-order valence-corrected chi connectivity index (χ2v) is 5.51. The summed E-state index contributed by atoms with van der Waals surface area (Å²) in [5.74, 6) is 0.885. The second-order valence-electron chi connectivity index (χ2n) is 3.93. The molecule has 1 nitrogen and oxygen atoms in total. The van der Waals surface area contributed by atoms with Crippen LogP contribution in [-0.4, -0.2) is 5.78 Å². The molecule has 14 heavy (non-hydrogen) atoms. The number of hydrogen-bond acceptors (Lipinski definition) is 2. The minimum absolute atomic E-state index is 0.211. The molecule has 0 radical (unpaired) electrons. The van der Waals surface area contributed by atoms with Crippen molar-refractivity contribution in [3.63, 3.8) is 0 Å². The molecule has 0 aromatic carbocycles. The summed E-state index contributed by atoms with van der Waals surface area (Å²) in [5.41, 5.74) is 0. The smallest absolute Gasteiger partial charge is 0.135 e. The van der Waals surface area contributed by atoms with Crippen LogP contribution in [0.25, 0.3) is 0 Å². The van der Waals surface area contributed by atoms with Gasteiger partial charge in [-0.25, -0.2) is 0 Å². The van der Waals surface area contributed by atoms with Gasteiger partial charge in [-0.05, 0) is 31.7 Å². The highest BCUT2D eigenvalue weighted by atomic mass is 35.5. The van der Waals surface area contributed by atoms with Gasteiger partial charge in [-0.2, -0.15) is 0 Å². The van der Waals surface area contributed by atoms with Crippen LogP contribution in [0, 0.1) is 0 Å². The van der Waals surface area contributed by atoms with Gasteiger partial charge in [0.1, 0.15) is 5.78 Å². The van der Waals surface area contributed by atoms with Gasteiger partial charge in [0.25, 0.3) is 0 Å². The van der Waals surface area contributed by atoms with Crippen molar-refractivity contribution in [3.05, 3.63) is 20.8 Å². The van der Waals surface area contributed by atoms with Crippen LogP contribution in [0.15, 0.2) is 6.07 Å². The van der Waals surface area contributed by atoms with Crippen molar-refractivity contribution >= 4 is 28.7 Å². The van der Waals surface area contributed by atoms with Crippen LogP contribution in [0.1, 0.15) is 41.9 Å². The summed E-state index contributed by atoms with van der Waals surface area (Å²) in [5, 5.41) is 0.871. The third-order valence-corrected chi connectivity index (χ3v) is 4.39. The molecule has 3 heteroatoms. The van der Waals surface area contributed by atoms with Crippen molar-refractivity contribution in [3.8, 4) is 0 Å². The van der Waals surface area contributed by atoms with Crippen LogP contribution < -0.4 is 0 Å². The molecule has 0 N–H and O–H groups in total. The molecule has 0 unspecified atom stereocenters. The molecule has 76 valence electrons. The largest absolute Gasteiger partial charge is 0.300 e. The van der Waals surface area contributed by atoms with E-state index in [4.69, 9.17) is 11.6 Å².